The molecule has 3 N–H and O–H groups in total. The van der Waals surface area contributed by atoms with Crippen LogP contribution in [0.4, 0.5) is 0 Å². The largest absolute Gasteiger partial charge is 0.480 e. The zero-order chi connectivity index (χ0) is 14.3. The van der Waals surface area contributed by atoms with Crippen molar-refractivity contribution in [1.82, 2.24) is 5.32 Å². The SMILES string of the molecule is O=C(C=Cc1ccccc1Cl)NC(CCO)C(=O)O. The van der Waals surface area contributed by atoms with Gasteiger partial charge < -0.3 is 15.5 Å². The van der Waals surface area contributed by atoms with Crippen molar-refractivity contribution in [2.45, 2.75) is 12.5 Å². The van der Waals surface area contributed by atoms with Crippen LogP contribution in [0.3, 0.4) is 0 Å². The molecule has 0 fully saturated rings. The van der Waals surface area contributed by atoms with E-state index in [1.807, 2.05) is 0 Å². The van der Waals surface area contributed by atoms with Crippen molar-refractivity contribution in [3.63, 3.8) is 0 Å². The number of nitrogens with one attached hydrogen (secondary N) is 1. The number of aliphatic hydroxyl groups is 1. The van der Waals surface area contributed by atoms with Crippen molar-refractivity contribution in [2.75, 3.05) is 6.61 Å². The highest BCUT2D eigenvalue weighted by Gasteiger charge is 2.17. The average Bonchev–Trinajstić information content (AvgIpc) is 2.37. The molecule has 1 aromatic rings. The molecular weight excluding hydrogens is 270 g/mol. The minimum atomic E-state index is -1.19. The molecule has 19 heavy (non-hydrogen) atoms. The third kappa shape index (κ3) is 5.11. The summed E-state index contributed by atoms with van der Waals surface area (Å²) in [5, 5.41) is 20.3. The summed E-state index contributed by atoms with van der Waals surface area (Å²) in [4.78, 5) is 22.3. The number of rotatable bonds is 6. The number of carboxylic acids is 1. The van der Waals surface area contributed by atoms with E-state index < -0.39 is 17.9 Å². The van der Waals surface area contributed by atoms with Gasteiger partial charge in [0.05, 0.1) is 0 Å². The monoisotopic (exact) mass is 283 g/mol. The van der Waals surface area contributed by atoms with Crippen LogP contribution in [-0.2, 0) is 9.59 Å². The van der Waals surface area contributed by atoms with Gasteiger partial charge >= 0.3 is 5.97 Å². The predicted octanol–water partition coefficient (Wildman–Crippen LogP) is 1.30. The summed E-state index contributed by atoms with van der Waals surface area (Å²) < 4.78 is 0. The molecule has 0 aliphatic rings. The molecule has 0 heterocycles. The number of carboxylic acid groups (broad SMARTS) is 1. The van der Waals surface area contributed by atoms with Gasteiger partial charge in [-0.2, -0.15) is 0 Å². The Kier molecular flexibility index (Phi) is 6.05. The van der Waals surface area contributed by atoms with E-state index in [9.17, 15) is 9.59 Å². The molecule has 6 heteroatoms. The molecular formula is C13H14ClNO4. The molecule has 102 valence electrons. The van der Waals surface area contributed by atoms with Gasteiger partial charge in [-0.15, -0.1) is 0 Å². The Labute approximate surface area is 115 Å². The van der Waals surface area contributed by atoms with Gasteiger partial charge in [0.25, 0.3) is 0 Å². The van der Waals surface area contributed by atoms with Crippen LogP contribution in [0.2, 0.25) is 5.02 Å². The van der Waals surface area contributed by atoms with Gasteiger partial charge in [-0.3, -0.25) is 4.79 Å². The first kappa shape index (κ1) is 15.2. The Balaban J connectivity index is 2.64. The third-order valence-electron chi connectivity index (χ3n) is 2.35. The molecule has 0 aliphatic heterocycles. The topological polar surface area (TPSA) is 86.6 Å². The molecule has 0 spiro atoms. The molecule has 1 rings (SSSR count). The van der Waals surface area contributed by atoms with Gasteiger partial charge in [0.1, 0.15) is 6.04 Å². The number of amides is 1. The van der Waals surface area contributed by atoms with Crippen LogP contribution in [0.25, 0.3) is 6.08 Å². The second-order valence-corrected chi connectivity index (χ2v) is 4.17. The summed E-state index contributed by atoms with van der Waals surface area (Å²) in [6.07, 6.45) is 2.66. The van der Waals surface area contributed by atoms with Gasteiger partial charge in [0.2, 0.25) is 5.91 Å². The lowest BCUT2D eigenvalue weighted by Crippen LogP contribution is -2.40. The molecule has 0 saturated carbocycles. The molecule has 0 bridgehead atoms. The van der Waals surface area contributed by atoms with E-state index in [1.165, 1.54) is 12.2 Å². The van der Waals surface area contributed by atoms with Crippen LogP contribution < -0.4 is 5.32 Å². The maximum atomic E-state index is 11.5. The predicted molar refractivity (Wildman–Crippen MR) is 71.8 cm³/mol. The number of halogens is 1. The van der Waals surface area contributed by atoms with Crippen molar-refractivity contribution in [1.29, 1.82) is 0 Å². The number of carbonyl (C=O) groups is 2. The summed E-state index contributed by atoms with van der Waals surface area (Å²) >= 11 is 5.90. The molecule has 1 amide bonds. The molecule has 1 unspecified atom stereocenters. The van der Waals surface area contributed by atoms with Crippen LogP contribution in [-0.4, -0.2) is 34.7 Å². The number of hydrogen-bond acceptors (Lipinski definition) is 3. The first-order valence-electron chi connectivity index (χ1n) is 5.61. The third-order valence-corrected chi connectivity index (χ3v) is 2.70. The Morgan fingerprint density at radius 2 is 2.05 bits per heavy atom. The van der Waals surface area contributed by atoms with E-state index in [4.69, 9.17) is 21.8 Å². The number of hydrogen-bond donors (Lipinski definition) is 3. The minimum Gasteiger partial charge on any atom is -0.480 e. The number of aliphatic carboxylic acids is 1. The van der Waals surface area contributed by atoms with Crippen LogP contribution in [0.1, 0.15) is 12.0 Å². The second-order valence-electron chi connectivity index (χ2n) is 3.77. The zero-order valence-corrected chi connectivity index (χ0v) is 10.8. The van der Waals surface area contributed by atoms with E-state index >= 15 is 0 Å². The van der Waals surface area contributed by atoms with Gasteiger partial charge in [-0.05, 0) is 17.7 Å². The Morgan fingerprint density at radius 3 is 2.63 bits per heavy atom. The zero-order valence-electron chi connectivity index (χ0n) is 10.0. The highest BCUT2D eigenvalue weighted by atomic mass is 35.5. The molecule has 0 radical (unpaired) electrons. The number of benzene rings is 1. The first-order chi connectivity index (χ1) is 9.04. The van der Waals surface area contributed by atoms with Crippen molar-refractivity contribution in [3.05, 3.63) is 40.9 Å². The summed E-state index contributed by atoms with van der Waals surface area (Å²) in [7, 11) is 0. The van der Waals surface area contributed by atoms with E-state index in [-0.39, 0.29) is 13.0 Å². The molecule has 5 nitrogen and oxygen atoms in total. The molecule has 0 aromatic heterocycles. The Morgan fingerprint density at radius 1 is 1.37 bits per heavy atom. The Hall–Kier alpha value is -1.85. The summed E-state index contributed by atoms with van der Waals surface area (Å²) in [5.74, 6) is -1.74. The summed E-state index contributed by atoms with van der Waals surface area (Å²) in [6, 6.07) is 5.85. The quantitative estimate of drug-likeness (QED) is 0.687. The molecule has 0 saturated heterocycles. The lowest BCUT2D eigenvalue weighted by atomic mass is 10.2. The van der Waals surface area contributed by atoms with Crippen molar-refractivity contribution in [3.8, 4) is 0 Å². The van der Waals surface area contributed by atoms with Crippen molar-refractivity contribution < 1.29 is 19.8 Å². The number of aliphatic hydroxyl groups excluding tert-OH is 1. The highest BCUT2D eigenvalue weighted by molar-refractivity contribution is 6.32. The molecule has 1 atom stereocenters. The van der Waals surface area contributed by atoms with Gasteiger partial charge in [-0.1, -0.05) is 29.8 Å². The van der Waals surface area contributed by atoms with Gasteiger partial charge in [-0.25, -0.2) is 4.79 Å². The standard InChI is InChI=1S/C13H14ClNO4/c14-10-4-2-1-3-9(10)5-6-12(17)15-11(7-8-16)13(18)19/h1-6,11,16H,7-8H2,(H,15,17)(H,18,19). The van der Waals surface area contributed by atoms with E-state index in [2.05, 4.69) is 5.32 Å². The van der Waals surface area contributed by atoms with Crippen molar-refractivity contribution >= 4 is 29.6 Å². The molecule has 0 aliphatic carbocycles. The van der Waals surface area contributed by atoms with Crippen LogP contribution in [0.5, 0.6) is 0 Å². The fraction of sp³-hybridized carbons (Fsp3) is 0.231. The average molecular weight is 284 g/mol. The van der Waals surface area contributed by atoms with Crippen LogP contribution in [0.15, 0.2) is 30.3 Å². The highest BCUT2D eigenvalue weighted by Crippen LogP contribution is 2.15. The maximum Gasteiger partial charge on any atom is 0.326 e. The summed E-state index contributed by atoms with van der Waals surface area (Å²) in [5.41, 5.74) is 0.661. The minimum absolute atomic E-state index is 0.0407. The second kappa shape index (κ2) is 7.56. The van der Waals surface area contributed by atoms with Crippen molar-refractivity contribution in [2.24, 2.45) is 0 Å². The van der Waals surface area contributed by atoms with Crippen LogP contribution in [0, 0.1) is 0 Å². The van der Waals surface area contributed by atoms with Gasteiger partial charge in [0.15, 0.2) is 0 Å². The fourth-order valence-electron chi connectivity index (χ4n) is 1.38. The smallest absolute Gasteiger partial charge is 0.326 e. The molecule has 1 aromatic carbocycles. The lowest BCUT2D eigenvalue weighted by Gasteiger charge is -2.11. The Bertz CT molecular complexity index is 487. The fourth-order valence-corrected chi connectivity index (χ4v) is 1.58. The van der Waals surface area contributed by atoms with E-state index in [0.717, 1.165) is 0 Å². The maximum absolute atomic E-state index is 11.5. The first-order valence-corrected chi connectivity index (χ1v) is 5.99. The lowest BCUT2D eigenvalue weighted by molar-refractivity contribution is -0.141. The van der Waals surface area contributed by atoms with Gasteiger partial charge in [0, 0.05) is 24.1 Å². The number of carbonyl (C=O) groups excluding carboxylic acids is 1. The van der Waals surface area contributed by atoms with E-state index in [1.54, 1.807) is 24.3 Å². The van der Waals surface area contributed by atoms with Crippen LogP contribution >= 0.6 is 11.6 Å². The summed E-state index contributed by atoms with van der Waals surface area (Å²) in [6.45, 7) is -0.314. The normalized spacial score (nSPS) is 12.3. The van der Waals surface area contributed by atoms with E-state index in [0.29, 0.717) is 10.6 Å².